The Hall–Kier alpha value is -3.94. The Kier molecular flexibility index (Phi) is 6.12. The van der Waals surface area contributed by atoms with E-state index < -0.39 is 5.92 Å². The second kappa shape index (κ2) is 9.51. The lowest BCUT2D eigenvalue weighted by Gasteiger charge is -2.06. The lowest BCUT2D eigenvalue weighted by atomic mass is 10.1. The molecule has 0 aliphatic rings. The first-order chi connectivity index (χ1) is 16.6. The van der Waals surface area contributed by atoms with Crippen LogP contribution in [0.15, 0.2) is 77.5 Å². The number of halogens is 1. The molecule has 0 bridgehead atoms. The van der Waals surface area contributed by atoms with Gasteiger partial charge in [0.25, 0.3) is 0 Å². The van der Waals surface area contributed by atoms with Crippen molar-refractivity contribution in [1.29, 1.82) is 5.26 Å². The molecule has 0 aliphatic heterocycles. The second-order valence-electron chi connectivity index (χ2n) is 7.20. The topological polar surface area (TPSA) is 97.4 Å². The molecule has 1 atom stereocenters. The number of nitriles is 1. The summed E-state index contributed by atoms with van der Waals surface area (Å²) in [5, 5.41) is 17.6. The van der Waals surface area contributed by atoms with E-state index in [4.69, 9.17) is 0 Å². The highest BCUT2D eigenvalue weighted by Gasteiger charge is 2.24. The van der Waals surface area contributed by atoms with Crippen LogP contribution in [0.4, 0.5) is 4.39 Å². The molecule has 166 valence electrons. The van der Waals surface area contributed by atoms with E-state index in [1.165, 1.54) is 41.6 Å². The van der Waals surface area contributed by atoms with E-state index >= 15 is 0 Å². The normalized spacial score (nSPS) is 11.9. The van der Waals surface area contributed by atoms with Crippen LogP contribution in [0, 0.1) is 17.1 Å². The molecule has 2 aromatic carbocycles. The summed E-state index contributed by atoms with van der Waals surface area (Å²) in [6.45, 7) is 0. The number of rotatable bonds is 7. The predicted molar refractivity (Wildman–Crippen MR) is 128 cm³/mol. The van der Waals surface area contributed by atoms with Crippen molar-refractivity contribution < 1.29 is 9.18 Å². The fraction of sp³-hybridized carbons (Fsp3) is 0.0833. The minimum atomic E-state index is -0.950. The summed E-state index contributed by atoms with van der Waals surface area (Å²) in [7, 11) is 0. The van der Waals surface area contributed by atoms with Crippen molar-refractivity contribution in [3.05, 3.63) is 83.3 Å². The molecule has 3 aromatic heterocycles. The number of thiazole rings is 1. The number of ketones is 1. The zero-order chi connectivity index (χ0) is 23.5. The molecule has 3 heterocycles. The number of hydrogen-bond acceptors (Lipinski definition) is 8. The van der Waals surface area contributed by atoms with Gasteiger partial charge >= 0.3 is 0 Å². The van der Waals surface area contributed by atoms with E-state index in [1.54, 1.807) is 23.0 Å². The first kappa shape index (κ1) is 21.9. The third kappa shape index (κ3) is 4.31. The lowest BCUT2D eigenvalue weighted by Crippen LogP contribution is -2.13. The maximum atomic E-state index is 13.3. The van der Waals surface area contributed by atoms with Gasteiger partial charge in [-0.25, -0.2) is 24.0 Å². The fourth-order valence-electron chi connectivity index (χ4n) is 3.36. The average Bonchev–Trinajstić information content (AvgIpc) is 3.52. The maximum absolute atomic E-state index is 13.3. The number of nitrogens with zero attached hydrogens (tertiary/aromatic N) is 6. The number of Topliss-reactive ketones (excluding diaryl/α,β-unsaturated/α-hetero) is 1. The second-order valence-corrected chi connectivity index (χ2v) is 9.06. The van der Waals surface area contributed by atoms with Crippen LogP contribution in [0.2, 0.25) is 0 Å². The van der Waals surface area contributed by atoms with E-state index in [9.17, 15) is 14.4 Å². The summed E-state index contributed by atoms with van der Waals surface area (Å²) in [6.07, 6.45) is 3.01. The highest BCUT2D eigenvalue weighted by atomic mass is 32.2. The smallest absolute Gasteiger partial charge is 0.167 e. The quantitative estimate of drug-likeness (QED) is 0.235. The minimum absolute atomic E-state index is 0.0479. The summed E-state index contributed by atoms with van der Waals surface area (Å²) in [5.41, 5.74) is 2.88. The molecular formula is C24H15FN6OS2. The van der Waals surface area contributed by atoms with Crippen LogP contribution < -0.4 is 0 Å². The van der Waals surface area contributed by atoms with E-state index in [1.807, 2.05) is 35.7 Å². The van der Waals surface area contributed by atoms with Crippen LogP contribution in [0.25, 0.3) is 28.0 Å². The molecule has 0 amide bonds. The average molecular weight is 487 g/mol. The number of carbonyl (C=O) groups is 1. The standard InChI is InChI=1S/C24H15FN6OS2/c25-16-6-8-17(9-7-16)31-22-19(11-29-31)23(28-14-27-22)34-13-21(32)18(10-26)24-30-20(12-33-24)15-4-2-1-3-5-15/h1-9,11-12,14,18H,13H2. The molecular weight excluding hydrogens is 471 g/mol. The van der Waals surface area contributed by atoms with Crippen LogP contribution in [0.5, 0.6) is 0 Å². The van der Waals surface area contributed by atoms with E-state index in [-0.39, 0.29) is 17.4 Å². The number of thioether (sulfide) groups is 1. The first-order valence-electron chi connectivity index (χ1n) is 10.1. The largest absolute Gasteiger partial charge is 0.297 e. The Balaban J connectivity index is 1.34. The Morgan fingerprint density at radius 1 is 1.15 bits per heavy atom. The summed E-state index contributed by atoms with van der Waals surface area (Å²) in [4.78, 5) is 26.0. The van der Waals surface area contributed by atoms with Crippen LogP contribution in [-0.4, -0.2) is 36.3 Å². The molecule has 0 N–H and O–H groups in total. The third-order valence-corrected chi connectivity index (χ3v) is 6.98. The van der Waals surface area contributed by atoms with Crippen LogP contribution in [0.1, 0.15) is 10.9 Å². The maximum Gasteiger partial charge on any atom is 0.167 e. The van der Waals surface area contributed by atoms with Gasteiger partial charge in [0.05, 0.1) is 34.8 Å². The van der Waals surface area contributed by atoms with Gasteiger partial charge in [-0.1, -0.05) is 42.1 Å². The summed E-state index contributed by atoms with van der Waals surface area (Å²) < 4.78 is 14.9. The summed E-state index contributed by atoms with van der Waals surface area (Å²) in [6, 6.07) is 17.6. The molecule has 1 unspecified atom stereocenters. The molecule has 7 nitrogen and oxygen atoms in total. The van der Waals surface area contributed by atoms with Gasteiger partial charge in [0.15, 0.2) is 17.3 Å². The molecule has 5 rings (SSSR count). The van der Waals surface area contributed by atoms with Crippen molar-refractivity contribution in [1.82, 2.24) is 24.7 Å². The zero-order valence-electron chi connectivity index (χ0n) is 17.5. The van der Waals surface area contributed by atoms with E-state index in [0.29, 0.717) is 26.8 Å². The van der Waals surface area contributed by atoms with E-state index in [2.05, 4.69) is 26.1 Å². The van der Waals surface area contributed by atoms with Gasteiger partial charge in [-0.2, -0.15) is 10.4 Å². The molecule has 10 heteroatoms. The lowest BCUT2D eigenvalue weighted by molar-refractivity contribution is -0.116. The number of benzene rings is 2. The van der Waals surface area contributed by atoms with Gasteiger partial charge in [0, 0.05) is 10.9 Å². The van der Waals surface area contributed by atoms with Crippen molar-refractivity contribution in [2.45, 2.75) is 10.9 Å². The molecule has 0 saturated heterocycles. The molecule has 0 aliphatic carbocycles. The van der Waals surface area contributed by atoms with Gasteiger partial charge in [0.2, 0.25) is 0 Å². The van der Waals surface area contributed by atoms with Crippen molar-refractivity contribution in [2.75, 3.05) is 5.75 Å². The minimum Gasteiger partial charge on any atom is -0.297 e. The first-order valence-corrected chi connectivity index (χ1v) is 12.0. The third-order valence-electron chi connectivity index (χ3n) is 5.04. The SMILES string of the molecule is N#CC(C(=O)CSc1ncnc2c1cnn2-c1ccc(F)cc1)c1nc(-c2ccccc2)cs1. The Morgan fingerprint density at radius 3 is 2.71 bits per heavy atom. The van der Waals surface area contributed by atoms with Crippen molar-refractivity contribution >= 4 is 39.9 Å². The number of carbonyl (C=O) groups excluding carboxylic acids is 1. The van der Waals surface area contributed by atoms with Gasteiger partial charge in [-0.15, -0.1) is 11.3 Å². The van der Waals surface area contributed by atoms with Crippen molar-refractivity contribution in [3.63, 3.8) is 0 Å². The summed E-state index contributed by atoms with van der Waals surface area (Å²) >= 11 is 2.52. The Morgan fingerprint density at radius 2 is 1.94 bits per heavy atom. The summed E-state index contributed by atoms with van der Waals surface area (Å²) in [5.74, 6) is -1.49. The molecule has 34 heavy (non-hydrogen) atoms. The number of aromatic nitrogens is 5. The number of fused-ring (bicyclic) bond motifs is 1. The molecule has 0 spiro atoms. The van der Waals surface area contributed by atoms with E-state index in [0.717, 1.165) is 11.3 Å². The van der Waals surface area contributed by atoms with Gasteiger partial charge < -0.3 is 0 Å². The highest BCUT2D eigenvalue weighted by molar-refractivity contribution is 8.00. The molecule has 0 fully saturated rings. The Labute approximate surface area is 201 Å². The van der Waals surface area contributed by atoms with Crippen molar-refractivity contribution in [2.24, 2.45) is 0 Å². The van der Waals surface area contributed by atoms with Crippen LogP contribution >= 0.6 is 23.1 Å². The number of hydrogen-bond donors (Lipinski definition) is 0. The molecule has 0 radical (unpaired) electrons. The van der Waals surface area contributed by atoms with Crippen LogP contribution in [0.3, 0.4) is 0 Å². The zero-order valence-corrected chi connectivity index (χ0v) is 19.1. The van der Waals surface area contributed by atoms with Gasteiger partial charge in [0.1, 0.15) is 22.2 Å². The Bertz CT molecular complexity index is 1510. The molecule has 5 aromatic rings. The van der Waals surface area contributed by atoms with Crippen LogP contribution in [-0.2, 0) is 4.79 Å². The monoisotopic (exact) mass is 486 g/mol. The van der Waals surface area contributed by atoms with Gasteiger partial charge in [-0.3, -0.25) is 4.79 Å². The fourth-order valence-corrected chi connectivity index (χ4v) is 5.12. The predicted octanol–water partition coefficient (Wildman–Crippen LogP) is 5.05. The van der Waals surface area contributed by atoms with Crippen molar-refractivity contribution in [3.8, 4) is 23.0 Å². The van der Waals surface area contributed by atoms with Gasteiger partial charge in [-0.05, 0) is 24.3 Å². The molecule has 0 saturated carbocycles. The highest BCUT2D eigenvalue weighted by Crippen LogP contribution is 2.30.